The van der Waals surface area contributed by atoms with Crippen LogP contribution in [0.2, 0.25) is 0 Å². The fraction of sp³-hybridized carbons (Fsp3) is 0.444. The molecule has 1 aromatic heterocycles. The summed E-state index contributed by atoms with van der Waals surface area (Å²) in [4.78, 5) is 14.5. The Balaban J connectivity index is 1.72. The lowest BCUT2D eigenvalue weighted by molar-refractivity contribution is 0.0949. The van der Waals surface area contributed by atoms with E-state index in [0.717, 1.165) is 25.2 Å². The van der Waals surface area contributed by atoms with Gasteiger partial charge in [-0.3, -0.25) is 4.79 Å². The SMILES string of the molecule is CCc1noc(C)c1C(=O)NCCCN(C)Cc1ccccc1. The van der Waals surface area contributed by atoms with Gasteiger partial charge in [-0.2, -0.15) is 0 Å². The van der Waals surface area contributed by atoms with Crippen LogP contribution in [0, 0.1) is 6.92 Å². The lowest BCUT2D eigenvalue weighted by atomic mass is 10.1. The van der Waals surface area contributed by atoms with Crippen molar-refractivity contribution < 1.29 is 9.32 Å². The first-order chi connectivity index (χ1) is 11.1. The van der Waals surface area contributed by atoms with Gasteiger partial charge in [0.2, 0.25) is 0 Å². The molecule has 0 fully saturated rings. The smallest absolute Gasteiger partial charge is 0.256 e. The van der Waals surface area contributed by atoms with Crippen molar-refractivity contribution in [3.8, 4) is 0 Å². The Hall–Kier alpha value is -2.14. The van der Waals surface area contributed by atoms with Gasteiger partial charge in [0.1, 0.15) is 11.3 Å². The molecule has 0 bridgehead atoms. The molecule has 0 saturated heterocycles. The molecule has 1 heterocycles. The number of amides is 1. The van der Waals surface area contributed by atoms with E-state index in [1.165, 1.54) is 5.56 Å². The fourth-order valence-electron chi connectivity index (χ4n) is 2.56. The minimum atomic E-state index is -0.0914. The maximum Gasteiger partial charge on any atom is 0.256 e. The third kappa shape index (κ3) is 4.93. The lowest BCUT2D eigenvalue weighted by Crippen LogP contribution is -2.28. The highest BCUT2D eigenvalue weighted by molar-refractivity contribution is 5.96. The summed E-state index contributed by atoms with van der Waals surface area (Å²) in [6.45, 7) is 6.23. The number of rotatable bonds is 8. The number of hydrogen-bond acceptors (Lipinski definition) is 4. The molecule has 5 heteroatoms. The van der Waals surface area contributed by atoms with Gasteiger partial charge >= 0.3 is 0 Å². The molecular formula is C18H25N3O2. The Morgan fingerprint density at radius 3 is 2.74 bits per heavy atom. The van der Waals surface area contributed by atoms with E-state index in [2.05, 4.69) is 46.7 Å². The largest absolute Gasteiger partial charge is 0.361 e. The van der Waals surface area contributed by atoms with Crippen molar-refractivity contribution in [2.75, 3.05) is 20.1 Å². The van der Waals surface area contributed by atoms with Crippen molar-refractivity contribution >= 4 is 5.91 Å². The van der Waals surface area contributed by atoms with Gasteiger partial charge in [-0.25, -0.2) is 0 Å². The predicted octanol–water partition coefficient (Wildman–Crippen LogP) is 2.80. The molecule has 0 aliphatic rings. The van der Waals surface area contributed by atoms with E-state index in [1.54, 1.807) is 6.92 Å². The summed E-state index contributed by atoms with van der Waals surface area (Å²) in [6.07, 6.45) is 1.60. The van der Waals surface area contributed by atoms with Gasteiger partial charge in [-0.05, 0) is 38.9 Å². The number of nitrogens with one attached hydrogen (secondary N) is 1. The number of aryl methyl sites for hydroxylation is 2. The summed E-state index contributed by atoms with van der Waals surface area (Å²) in [5.41, 5.74) is 2.61. The number of hydrogen-bond donors (Lipinski definition) is 1. The highest BCUT2D eigenvalue weighted by atomic mass is 16.5. The molecule has 0 aliphatic carbocycles. The molecular weight excluding hydrogens is 290 g/mol. The van der Waals surface area contributed by atoms with Gasteiger partial charge in [0.15, 0.2) is 0 Å². The van der Waals surface area contributed by atoms with Crippen LogP contribution in [-0.4, -0.2) is 36.1 Å². The van der Waals surface area contributed by atoms with Crippen LogP contribution in [0.4, 0.5) is 0 Å². The summed E-state index contributed by atoms with van der Waals surface area (Å²) in [7, 11) is 2.09. The Morgan fingerprint density at radius 2 is 2.04 bits per heavy atom. The Labute approximate surface area is 137 Å². The van der Waals surface area contributed by atoms with Crippen LogP contribution in [0.15, 0.2) is 34.9 Å². The van der Waals surface area contributed by atoms with Gasteiger partial charge in [0.25, 0.3) is 5.91 Å². The first-order valence-corrected chi connectivity index (χ1v) is 8.07. The van der Waals surface area contributed by atoms with Gasteiger partial charge in [0, 0.05) is 13.1 Å². The number of benzene rings is 1. The zero-order chi connectivity index (χ0) is 16.7. The fourth-order valence-corrected chi connectivity index (χ4v) is 2.56. The first-order valence-electron chi connectivity index (χ1n) is 8.07. The van der Waals surface area contributed by atoms with Crippen LogP contribution in [0.3, 0.4) is 0 Å². The molecule has 2 aromatic rings. The Morgan fingerprint density at radius 1 is 1.30 bits per heavy atom. The molecule has 2 rings (SSSR count). The summed E-state index contributed by atoms with van der Waals surface area (Å²) in [5, 5.41) is 6.87. The van der Waals surface area contributed by atoms with Gasteiger partial charge in [0.05, 0.1) is 5.69 Å². The van der Waals surface area contributed by atoms with Crippen molar-refractivity contribution in [2.45, 2.75) is 33.2 Å². The molecule has 5 nitrogen and oxygen atoms in total. The van der Waals surface area contributed by atoms with E-state index in [1.807, 2.05) is 13.0 Å². The number of nitrogens with zero attached hydrogens (tertiary/aromatic N) is 2. The number of carbonyl (C=O) groups is 1. The van der Waals surface area contributed by atoms with Crippen molar-refractivity contribution in [1.29, 1.82) is 0 Å². The highest BCUT2D eigenvalue weighted by Gasteiger charge is 2.18. The van der Waals surface area contributed by atoms with E-state index < -0.39 is 0 Å². The predicted molar refractivity (Wildman–Crippen MR) is 90.3 cm³/mol. The standard InChI is InChI=1S/C18H25N3O2/c1-4-16-17(14(2)23-20-16)18(22)19-11-8-12-21(3)13-15-9-6-5-7-10-15/h5-7,9-10H,4,8,11-13H2,1-3H3,(H,19,22). The topological polar surface area (TPSA) is 58.4 Å². The van der Waals surface area contributed by atoms with Gasteiger partial charge in [-0.1, -0.05) is 42.4 Å². The molecule has 1 amide bonds. The molecule has 124 valence electrons. The molecule has 1 N–H and O–H groups in total. The van der Waals surface area contributed by atoms with Gasteiger partial charge in [-0.15, -0.1) is 0 Å². The molecule has 23 heavy (non-hydrogen) atoms. The Bertz CT molecular complexity index is 622. The lowest BCUT2D eigenvalue weighted by Gasteiger charge is -2.16. The molecule has 0 spiro atoms. The molecule has 0 radical (unpaired) electrons. The summed E-state index contributed by atoms with van der Waals surface area (Å²) >= 11 is 0. The van der Waals surface area contributed by atoms with Crippen molar-refractivity contribution in [1.82, 2.24) is 15.4 Å². The first kappa shape index (κ1) is 17.2. The second kappa shape index (κ2) is 8.48. The van der Waals surface area contributed by atoms with Crippen LogP contribution in [-0.2, 0) is 13.0 Å². The van der Waals surface area contributed by atoms with Crippen molar-refractivity contribution in [2.24, 2.45) is 0 Å². The normalized spacial score (nSPS) is 11.0. The van der Waals surface area contributed by atoms with Crippen LogP contribution < -0.4 is 5.32 Å². The van der Waals surface area contributed by atoms with E-state index >= 15 is 0 Å². The van der Waals surface area contributed by atoms with Gasteiger partial charge < -0.3 is 14.7 Å². The molecule has 0 saturated carbocycles. The quantitative estimate of drug-likeness (QED) is 0.761. The Kier molecular flexibility index (Phi) is 6.35. The minimum Gasteiger partial charge on any atom is -0.361 e. The van der Waals surface area contributed by atoms with Crippen LogP contribution in [0.1, 0.15) is 40.7 Å². The maximum atomic E-state index is 12.2. The average Bonchev–Trinajstić information content (AvgIpc) is 2.93. The van der Waals surface area contributed by atoms with Crippen LogP contribution in [0.25, 0.3) is 0 Å². The zero-order valence-electron chi connectivity index (χ0n) is 14.1. The molecule has 0 atom stereocenters. The van der Waals surface area contributed by atoms with E-state index in [-0.39, 0.29) is 5.91 Å². The summed E-state index contributed by atoms with van der Waals surface area (Å²) in [5.74, 6) is 0.492. The second-order valence-corrected chi connectivity index (χ2v) is 5.75. The maximum absolute atomic E-state index is 12.2. The molecule has 1 aromatic carbocycles. The minimum absolute atomic E-state index is 0.0914. The molecule has 0 unspecified atom stereocenters. The van der Waals surface area contributed by atoms with Crippen molar-refractivity contribution in [3.05, 3.63) is 52.9 Å². The monoisotopic (exact) mass is 315 g/mol. The van der Waals surface area contributed by atoms with E-state index in [4.69, 9.17) is 4.52 Å². The van der Waals surface area contributed by atoms with E-state index in [9.17, 15) is 4.79 Å². The summed E-state index contributed by atoms with van der Waals surface area (Å²) in [6, 6.07) is 10.4. The van der Waals surface area contributed by atoms with Crippen LogP contribution >= 0.6 is 0 Å². The van der Waals surface area contributed by atoms with Crippen molar-refractivity contribution in [3.63, 3.8) is 0 Å². The third-order valence-corrected chi connectivity index (χ3v) is 3.79. The zero-order valence-corrected chi connectivity index (χ0v) is 14.1. The van der Waals surface area contributed by atoms with E-state index in [0.29, 0.717) is 24.3 Å². The highest BCUT2D eigenvalue weighted by Crippen LogP contribution is 2.13. The third-order valence-electron chi connectivity index (χ3n) is 3.79. The number of aromatic nitrogens is 1. The average molecular weight is 315 g/mol. The van der Waals surface area contributed by atoms with Crippen LogP contribution in [0.5, 0.6) is 0 Å². The number of carbonyl (C=O) groups excluding carboxylic acids is 1. The summed E-state index contributed by atoms with van der Waals surface area (Å²) < 4.78 is 5.10. The second-order valence-electron chi connectivity index (χ2n) is 5.75. The molecule has 0 aliphatic heterocycles.